The minimum atomic E-state index is -1.37. The summed E-state index contributed by atoms with van der Waals surface area (Å²) in [6.07, 6.45) is 3.65. The molecule has 2 saturated carbocycles. The highest BCUT2D eigenvalue weighted by Crippen LogP contribution is 2.62. The highest BCUT2D eigenvalue weighted by molar-refractivity contribution is 6.61. The first-order valence-corrected chi connectivity index (χ1v) is 14.6. The number of carbonyl (C=O) groups is 2. The van der Waals surface area contributed by atoms with Crippen LogP contribution in [0, 0.1) is 33.9 Å². The summed E-state index contributed by atoms with van der Waals surface area (Å²) in [6, 6.07) is 3.04. The van der Waals surface area contributed by atoms with Gasteiger partial charge in [0.25, 0.3) is 0 Å². The SMILES string of the molecule is CC(=O)CC[C@]12CC[C@@H](C)[C@](C)(C1)[C@H](OC(=O)COc1ccc3c(c1F)B(O)OC3)C[C@@]1(CCOC1)[C@@H](O)[C@@H]2C. The number of halogens is 1. The molecule has 0 unspecified atom stereocenters. The monoisotopic (exact) mass is 560 g/mol. The Hall–Kier alpha value is -2.01. The van der Waals surface area contributed by atoms with E-state index < -0.39 is 48.5 Å². The normalized spacial score (nSPS) is 37.1. The summed E-state index contributed by atoms with van der Waals surface area (Å²) < 4.78 is 37.7. The minimum absolute atomic E-state index is 0.0302. The van der Waals surface area contributed by atoms with Crippen molar-refractivity contribution in [3.8, 4) is 5.75 Å². The summed E-state index contributed by atoms with van der Waals surface area (Å²) in [6.45, 7) is 8.64. The Balaban J connectivity index is 1.40. The molecule has 3 fully saturated rings. The van der Waals surface area contributed by atoms with E-state index in [2.05, 4.69) is 20.8 Å². The molecule has 7 atom stereocenters. The molecule has 5 rings (SSSR count). The van der Waals surface area contributed by atoms with Gasteiger partial charge in [0.2, 0.25) is 0 Å². The van der Waals surface area contributed by atoms with E-state index in [1.165, 1.54) is 6.07 Å². The highest BCUT2D eigenvalue weighted by atomic mass is 19.1. The summed E-state index contributed by atoms with van der Waals surface area (Å²) in [5.41, 5.74) is -0.649. The van der Waals surface area contributed by atoms with Gasteiger partial charge in [0.05, 0.1) is 19.3 Å². The first-order valence-electron chi connectivity index (χ1n) is 14.6. The lowest BCUT2D eigenvalue weighted by Gasteiger charge is -2.60. The van der Waals surface area contributed by atoms with Crippen molar-refractivity contribution in [2.45, 2.75) is 91.5 Å². The number of aliphatic hydroxyl groups is 1. The van der Waals surface area contributed by atoms with E-state index in [0.717, 1.165) is 19.3 Å². The zero-order valence-electron chi connectivity index (χ0n) is 24.0. The summed E-state index contributed by atoms with van der Waals surface area (Å²) in [5.74, 6) is -1.17. The topological polar surface area (TPSA) is 112 Å². The van der Waals surface area contributed by atoms with Gasteiger partial charge in [-0.25, -0.2) is 9.18 Å². The molecule has 220 valence electrons. The lowest BCUT2D eigenvalue weighted by atomic mass is 9.47. The average molecular weight is 560 g/mol. The first kappa shape index (κ1) is 29.5. The second-order valence-corrected chi connectivity index (χ2v) is 13.2. The van der Waals surface area contributed by atoms with E-state index in [4.69, 9.17) is 18.9 Å². The molecular formula is C30H42BFO8. The van der Waals surface area contributed by atoms with Crippen LogP contribution >= 0.6 is 0 Å². The Kier molecular flexibility index (Phi) is 8.11. The van der Waals surface area contributed by atoms with E-state index in [1.807, 2.05) is 0 Å². The van der Waals surface area contributed by atoms with Gasteiger partial charge in [-0.1, -0.05) is 26.8 Å². The standard InChI is InChI=1S/C30H42BFO8/c1-18-7-9-29(10-8-19(2)33)16-28(18,4)23(13-30(11-12-37-17-30)27(35)20(29)3)40-24(34)15-38-22-6-5-21-14-39-31(36)25(21)26(22)32/h5-6,18,20,23,27,35-36H,7-17H2,1-4H3/t18-,20+,23-,27+,28+,29-,30-/m1/s1. The van der Waals surface area contributed by atoms with Crippen molar-refractivity contribution in [2.24, 2.45) is 28.1 Å². The van der Waals surface area contributed by atoms with Crippen molar-refractivity contribution in [2.75, 3.05) is 19.8 Å². The quantitative estimate of drug-likeness (QED) is 0.386. The van der Waals surface area contributed by atoms with E-state index in [1.54, 1.807) is 13.0 Å². The molecule has 2 aliphatic carbocycles. The predicted molar refractivity (Wildman–Crippen MR) is 145 cm³/mol. The maximum Gasteiger partial charge on any atom is 0.494 e. The lowest BCUT2D eigenvalue weighted by Crippen LogP contribution is -2.59. The smallest absolute Gasteiger partial charge is 0.479 e. The van der Waals surface area contributed by atoms with Crippen LogP contribution in [0.3, 0.4) is 0 Å². The minimum Gasteiger partial charge on any atom is -0.479 e. The van der Waals surface area contributed by atoms with Gasteiger partial charge in [-0.05, 0) is 74.3 Å². The van der Waals surface area contributed by atoms with Crippen LogP contribution in [0.25, 0.3) is 0 Å². The van der Waals surface area contributed by atoms with Crippen LogP contribution in [0.4, 0.5) is 4.39 Å². The van der Waals surface area contributed by atoms with E-state index in [9.17, 15) is 24.1 Å². The molecule has 1 spiro atoms. The molecule has 0 radical (unpaired) electrons. The largest absolute Gasteiger partial charge is 0.494 e. The Bertz CT molecular complexity index is 1140. The van der Waals surface area contributed by atoms with Crippen molar-refractivity contribution in [1.29, 1.82) is 0 Å². The Morgan fingerprint density at radius 3 is 2.73 bits per heavy atom. The van der Waals surface area contributed by atoms with Gasteiger partial charge in [-0.2, -0.15) is 0 Å². The van der Waals surface area contributed by atoms with Gasteiger partial charge in [-0.3, -0.25) is 0 Å². The van der Waals surface area contributed by atoms with Gasteiger partial charge >= 0.3 is 13.1 Å². The molecule has 10 heteroatoms. The van der Waals surface area contributed by atoms with Crippen molar-refractivity contribution in [3.05, 3.63) is 23.5 Å². The molecule has 8 nitrogen and oxygen atoms in total. The molecular weight excluding hydrogens is 518 g/mol. The molecule has 40 heavy (non-hydrogen) atoms. The van der Waals surface area contributed by atoms with Gasteiger partial charge in [-0.15, -0.1) is 0 Å². The van der Waals surface area contributed by atoms with Crippen LogP contribution in [0.2, 0.25) is 0 Å². The maximum absolute atomic E-state index is 15.0. The molecule has 2 aliphatic heterocycles. The number of rotatable bonds is 7. The third kappa shape index (κ3) is 5.10. The zero-order chi connectivity index (χ0) is 28.9. The first-order chi connectivity index (χ1) is 18.9. The Morgan fingerprint density at radius 2 is 2.02 bits per heavy atom. The Labute approximate surface area is 236 Å². The lowest BCUT2D eigenvalue weighted by molar-refractivity contribution is -0.197. The van der Waals surface area contributed by atoms with Crippen molar-refractivity contribution >= 4 is 24.3 Å². The number of esters is 1. The summed E-state index contributed by atoms with van der Waals surface area (Å²) in [4.78, 5) is 25.3. The van der Waals surface area contributed by atoms with Gasteiger partial charge in [0.1, 0.15) is 11.9 Å². The van der Waals surface area contributed by atoms with E-state index >= 15 is 0 Å². The maximum atomic E-state index is 15.0. The number of Topliss-reactive ketones (excluding diaryl/α,β-unsaturated/α-hetero) is 1. The summed E-state index contributed by atoms with van der Waals surface area (Å²) >= 11 is 0. The second-order valence-electron chi connectivity index (χ2n) is 13.2. The number of benzene rings is 1. The van der Waals surface area contributed by atoms with Crippen LogP contribution in [0.15, 0.2) is 12.1 Å². The molecule has 4 aliphatic rings. The third-order valence-corrected chi connectivity index (χ3v) is 10.9. The van der Waals surface area contributed by atoms with Crippen LogP contribution in [0.1, 0.15) is 78.2 Å². The van der Waals surface area contributed by atoms with Gasteiger partial charge < -0.3 is 33.8 Å². The molecule has 2 bridgehead atoms. The summed E-state index contributed by atoms with van der Waals surface area (Å²) in [7, 11) is -1.37. The van der Waals surface area contributed by atoms with Crippen LogP contribution in [-0.4, -0.2) is 61.0 Å². The number of ketones is 1. The van der Waals surface area contributed by atoms with Crippen LogP contribution < -0.4 is 10.2 Å². The Morgan fingerprint density at radius 1 is 1.25 bits per heavy atom. The fourth-order valence-electron chi connectivity index (χ4n) is 8.02. The van der Waals surface area contributed by atoms with Crippen LogP contribution in [0.5, 0.6) is 5.75 Å². The second kappa shape index (κ2) is 11.0. The molecule has 2 N–H and O–H groups in total. The number of aliphatic hydroxyl groups excluding tert-OH is 1. The fourth-order valence-corrected chi connectivity index (χ4v) is 8.02. The van der Waals surface area contributed by atoms with E-state index in [-0.39, 0.29) is 40.9 Å². The highest BCUT2D eigenvalue weighted by Gasteiger charge is 2.61. The number of carbonyl (C=O) groups excluding carboxylic acids is 2. The molecule has 0 amide bonds. The third-order valence-electron chi connectivity index (χ3n) is 10.9. The zero-order valence-corrected chi connectivity index (χ0v) is 24.0. The predicted octanol–water partition coefficient (Wildman–Crippen LogP) is 3.32. The van der Waals surface area contributed by atoms with Crippen LogP contribution in [-0.2, 0) is 30.3 Å². The van der Waals surface area contributed by atoms with Crippen molar-refractivity contribution in [3.63, 3.8) is 0 Å². The van der Waals surface area contributed by atoms with Gasteiger partial charge in [0.15, 0.2) is 18.2 Å². The van der Waals surface area contributed by atoms with Gasteiger partial charge in [0, 0.05) is 29.3 Å². The fraction of sp³-hybridized carbons (Fsp3) is 0.733. The van der Waals surface area contributed by atoms with Crippen molar-refractivity contribution < 1.29 is 43.0 Å². The number of hydrogen-bond donors (Lipinski definition) is 2. The average Bonchev–Trinajstić information content (AvgIpc) is 3.55. The van der Waals surface area contributed by atoms with Crippen molar-refractivity contribution in [1.82, 2.24) is 0 Å². The molecule has 2 heterocycles. The molecule has 1 saturated heterocycles. The number of fused-ring (bicyclic) bond motifs is 3. The molecule has 0 aromatic heterocycles. The number of hydrogen-bond acceptors (Lipinski definition) is 8. The van der Waals surface area contributed by atoms with E-state index in [0.29, 0.717) is 44.5 Å². The summed E-state index contributed by atoms with van der Waals surface area (Å²) in [5, 5.41) is 21.8. The number of ether oxygens (including phenoxy) is 3. The molecule has 1 aromatic rings. The molecule has 1 aromatic carbocycles.